The minimum absolute atomic E-state index is 1.01. The van der Waals surface area contributed by atoms with Crippen LogP contribution in [0.2, 0.25) is 0 Å². The van der Waals surface area contributed by atoms with Gasteiger partial charge in [-0.05, 0) is 45.1 Å². The Hall–Kier alpha value is -1.38. The third-order valence-corrected chi connectivity index (χ3v) is 3.26. The highest BCUT2D eigenvalue weighted by Gasteiger charge is 2.16. The van der Waals surface area contributed by atoms with Crippen molar-refractivity contribution >= 4 is 5.65 Å². The topological polar surface area (TPSA) is 30.2 Å². The van der Waals surface area contributed by atoms with Crippen molar-refractivity contribution in [1.82, 2.24) is 14.6 Å². The van der Waals surface area contributed by atoms with Crippen LogP contribution in [0.5, 0.6) is 0 Å². The quantitative estimate of drug-likeness (QED) is 0.654. The summed E-state index contributed by atoms with van der Waals surface area (Å²) in [7, 11) is 0. The lowest BCUT2D eigenvalue weighted by Gasteiger charge is -2.17. The molecule has 0 amide bonds. The van der Waals surface area contributed by atoms with Gasteiger partial charge in [0.1, 0.15) is 0 Å². The molecule has 2 heterocycles. The Morgan fingerprint density at radius 1 is 1.20 bits per heavy atom. The van der Waals surface area contributed by atoms with Gasteiger partial charge in [0, 0.05) is 17.5 Å². The molecule has 0 spiro atoms. The first-order chi connectivity index (χ1) is 7.25. The molecule has 0 atom stereocenters. The molecule has 1 aliphatic carbocycles. The molecule has 1 aliphatic rings. The molecule has 0 unspecified atom stereocenters. The molecule has 3 nitrogen and oxygen atoms in total. The number of nitrogens with zero attached hydrogens (tertiary/aromatic N) is 3. The molecule has 15 heavy (non-hydrogen) atoms. The van der Waals surface area contributed by atoms with Gasteiger partial charge in [-0.25, -0.2) is 9.50 Å². The Bertz CT molecular complexity index is 525. The van der Waals surface area contributed by atoms with Crippen molar-refractivity contribution in [2.75, 3.05) is 0 Å². The molecule has 2 aromatic heterocycles. The molecule has 0 fully saturated rings. The van der Waals surface area contributed by atoms with Crippen LogP contribution in [-0.4, -0.2) is 14.6 Å². The summed E-state index contributed by atoms with van der Waals surface area (Å²) >= 11 is 0. The molecule has 0 bridgehead atoms. The molecule has 3 heteroatoms. The maximum atomic E-state index is 4.70. The predicted molar refractivity (Wildman–Crippen MR) is 59.1 cm³/mol. The van der Waals surface area contributed by atoms with E-state index in [2.05, 4.69) is 18.1 Å². The highest BCUT2D eigenvalue weighted by Crippen LogP contribution is 2.23. The van der Waals surface area contributed by atoms with Crippen LogP contribution in [0.3, 0.4) is 0 Å². The Labute approximate surface area is 89.1 Å². The van der Waals surface area contributed by atoms with Crippen LogP contribution in [-0.2, 0) is 12.8 Å². The van der Waals surface area contributed by atoms with Gasteiger partial charge in [-0.1, -0.05) is 0 Å². The average molecular weight is 201 g/mol. The summed E-state index contributed by atoms with van der Waals surface area (Å²) in [6, 6.07) is 2.06. The Balaban J connectivity index is 2.35. The smallest absolute Gasteiger partial charge is 0.155 e. The highest BCUT2D eigenvalue weighted by atomic mass is 15.3. The molecular weight excluding hydrogens is 186 g/mol. The number of aromatic nitrogens is 3. The van der Waals surface area contributed by atoms with Crippen molar-refractivity contribution in [1.29, 1.82) is 0 Å². The first kappa shape index (κ1) is 8.89. The van der Waals surface area contributed by atoms with E-state index in [0.717, 1.165) is 17.8 Å². The molecular formula is C12H15N3. The maximum Gasteiger partial charge on any atom is 0.155 e. The van der Waals surface area contributed by atoms with E-state index in [1.807, 2.05) is 11.4 Å². The van der Waals surface area contributed by atoms with E-state index in [0.29, 0.717) is 0 Å². The lowest BCUT2D eigenvalue weighted by atomic mass is 9.95. The molecule has 0 saturated heterocycles. The second-order valence-corrected chi connectivity index (χ2v) is 4.39. The van der Waals surface area contributed by atoms with Gasteiger partial charge in [0.25, 0.3) is 0 Å². The molecule has 0 saturated carbocycles. The summed E-state index contributed by atoms with van der Waals surface area (Å²) in [6.45, 7) is 4.18. The molecule has 3 rings (SSSR count). The van der Waals surface area contributed by atoms with Gasteiger partial charge in [0.15, 0.2) is 5.65 Å². The normalized spacial score (nSPS) is 15.6. The van der Waals surface area contributed by atoms with E-state index in [4.69, 9.17) is 4.98 Å². The lowest BCUT2D eigenvalue weighted by Crippen LogP contribution is -2.11. The summed E-state index contributed by atoms with van der Waals surface area (Å²) in [5, 5.41) is 4.47. The van der Waals surface area contributed by atoms with E-state index in [1.54, 1.807) is 0 Å². The molecule has 0 aromatic carbocycles. The van der Waals surface area contributed by atoms with E-state index < -0.39 is 0 Å². The van der Waals surface area contributed by atoms with Gasteiger partial charge >= 0.3 is 0 Å². The van der Waals surface area contributed by atoms with Crippen LogP contribution in [0.4, 0.5) is 0 Å². The van der Waals surface area contributed by atoms with Crippen LogP contribution in [0.1, 0.15) is 35.5 Å². The van der Waals surface area contributed by atoms with E-state index in [1.165, 1.54) is 36.2 Å². The van der Waals surface area contributed by atoms with Crippen molar-refractivity contribution in [3.8, 4) is 0 Å². The average Bonchev–Trinajstić information content (AvgIpc) is 2.59. The van der Waals surface area contributed by atoms with Crippen LogP contribution in [0, 0.1) is 13.8 Å². The van der Waals surface area contributed by atoms with E-state index in [9.17, 15) is 0 Å². The lowest BCUT2D eigenvalue weighted by molar-refractivity contribution is 0.651. The summed E-state index contributed by atoms with van der Waals surface area (Å²) in [5.41, 5.74) is 6.06. The van der Waals surface area contributed by atoms with Crippen LogP contribution in [0.15, 0.2) is 6.07 Å². The van der Waals surface area contributed by atoms with Gasteiger partial charge < -0.3 is 0 Å². The molecule has 2 aromatic rings. The van der Waals surface area contributed by atoms with Crippen LogP contribution in [0.25, 0.3) is 5.65 Å². The highest BCUT2D eigenvalue weighted by molar-refractivity contribution is 5.45. The summed E-state index contributed by atoms with van der Waals surface area (Å²) in [6.07, 6.45) is 4.88. The second-order valence-electron chi connectivity index (χ2n) is 4.39. The van der Waals surface area contributed by atoms with Crippen molar-refractivity contribution < 1.29 is 0 Å². The van der Waals surface area contributed by atoms with Gasteiger partial charge in [0.05, 0.1) is 5.69 Å². The number of aryl methyl sites for hydroxylation is 3. The largest absolute Gasteiger partial charge is 0.233 e. The molecule has 78 valence electrons. The van der Waals surface area contributed by atoms with Crippen LogP contribution < -0.4 is 0 Å². The van der Waals surface area contributed by atoms with E-state index >= 15 is 0 Å². The van der Waals surface area contributed by atoms with Crippen molar-refractivity contribution in [3.63, 3.8) is 0 Å². The van der Waals surface area contributed by atoms with Gasteiger partial charge in [0.2, 0.25) is 0 Å². The third kappa shape index (κ3) is 1.26. The Morgan fingerprint density at radius 3 is 2.87 bits per heavy atom. The summed E-state index contributed by atoms with van der Waals surface area (Å²) in [5.74, 6) is 0. The zero-order chi connectivity index (χ0) is 10.4. The van der Waals surface area contributed by atoms with Gasteiger partial charge in [-0.2, -0.15) is 5.10 Å². The standard InChI is InChI=1S/C12H15N3/c1-8-7-12-13-11-6-4-3-5-10(11)9(2)15(12)14-8/h7H,3-6H2,1-2H3. The molecule has 0 radical (unpaired) electrons. The Morgan fingerprint density at radius 2 is 2.00 bits per heavy atom. The fourth-order valence-electron chi connectivity index (χ4n) is 2.48. The fraction of sp³-hybridized carbons (Fsp3) is 0.500. The molecule has 0 aliphatic heterocycles. The zero-order valence-electron chi connectivity index (χ0n) is 9.25. The SMILES string of the molecule is Cc1cc2nc3c(c(C)n2n1)CCCC3. The number of hydrogen-bond acceptors (Lipinski definition) is 2. The van der Waals surface area contributed by atoms with Gasteiger partial charge in [-0.3, -0.25) is 0 Å². The van der Waals surface area contributed by atoms with Gasteiger partial charge in [-0.15, -0.1) is 0 Å². The van der Waals surface area contributed by atoms with Crippen LogP contribution >= 0.6 is 0 Å². The minimum Gasteiger partial charge on any atom is -0.233 e. The van der Waals surface area contributed by atoms with Crippen molar-refractivity contribution in [2.24, 2.45) is 0 Å². The monoisotopic (exact) mass is 201 g/mol. The summed E-state index contributed by atoms with van der Waals surface area (Å²) in [4.78, 5) is 4.70. The third-order valence-electron chi connectivity index (χ3n) is 3.26. The minimum atomic E-state index is 1.01. The first-order valence-electron chi connectivity index (χ1n) is 5.60. The van der Waals surface area contributed by atoms with Crippen molar-refractivity contribution in [2.45, 2.75) is 39.5 Å². The fourth-order valence-corrected chi connectivity index (χ4v) is 2.48. The van der Waals surface area contributed by atoms with E-state index in [-0.39, 0.29) is 0 Å². The number of fused-ring (bicyclic) bond motifs is 2. The zero-order valence-corrected chi connectivity index (χ0v) is 9.25. The second kappa shape index (κ2) is 3.05. The Kier molecular flexibility index (Phi) is 1.81. The first-order valence-corrected chi connectivity index (χ1v) is 5.60. The predicted octanol–water partition coefficient (Wildman–Crippen LogP) is 2.22. The van der Waals surface area contributed by atoms with Crippen molar-refractivity contribution in [3.05, 3.63) is 28.7 Å². The molecule has 0 N–H and O–H groups in total. The summed E-state index contributed by atoms with van der Waals surface area (Å²) < 4.78 is 1.99. The number of rotatable bonds is 0. The number of hydrogen-bond donors (Lipinski definition) is 0. The maximum absolute atomic E-state index is 4.70.